The maximum atomic E-state index is 3.97. The van der Waals surface area contributed by atoms with Gasteiger partial charge in [-0.2, -0.15) is 0 Å². The van der Waals surface area contributed by atoms with Gasteiger partial charge in [-0.25, -0.2) is 0 Å². The molecule has 0 fully saturated rings. The highest BCUT2D eigenvalue weighted by molar-refractivity contribution is 5.03. The van der Waals surface area contributed by atoms with E-state index in [1.165, 1.54) is 24.8 Å². The summed E-state index contributed by atoms with van der Waals surface area (Å²) < 4.78 is 0. The molecule has 0 bridgehead atoms. The lowest BCUT2D eigenvalue weighted by molar-refractivity contribution is 0.369. The Hall–Kier alpha value is -0.260. The molecule has 0 saturated carbocycles. The third-order valence-corrected chi connectivity index (χ3v) is 2.59. The van der Waals surface area contributed by atoms with Gasteiger partial charge < -0.3 is 0 Å². The van der Waals surface area contributed by atoms with Crippen LogP contribution in [0.15, 0.2) is 12.2 Å². The molecule has 0 atom stereocenters. The normalized spacial score (nSPS) is 10.2. The molecule has 0 amide bonds. The third-order valence-electron chi connectivity index (χ3n) is 2.59. The van der Waals surface area contributed by atoms with E-state index in [4.69, 9.17) is 0 Å². The summed E-state index contributed by atoms with van der Waals surface area (Å²) in [7, 11) is 0. The van der Waals surface area contributed by atoms with E-state index >= 15 is 0 Å². The predicted molar refractivity (Wildman–Crippen MR) is 59.5 cm³/mol. The second kappa shape index (κ2) is 7.39. The SMILES string of the molecule is C=C(C)C(C)(CC)CC.CCC. The predicted octanol–water partition coefficient (Wildman–Crippen LogP) is 4.81. The van der Waals surface area contributed by atoms with E-state index in [-0.39, 0.29) is 0 Å². The Bertz CT molecular complexity index is 107. The van der Waals surface area contributed by atoms with Crippen LogP contribution in [0.25, 0.3) is 0 Å². The van der Waals surface area contributed by atoms with E-state index in [0.29, 0.717) is 5.41 Å². The van der Waals surface area contributed by atoms with E-state index < -0.39 is 0 Å². The first-order chi connectivity index (χ1) is 5.48. The monoisotopic (exact) mass is 170 g/mol. The molecule has 0 unspecified atom stereocenters. The van der Waals surface area contributed by atoms with E-state index in [2.05, 4.69) is 48.1 Å². The standard InChI is InChI=1S/C9H18.C3H8/c1-6-9(5,7-2)8(3)4;1-3-2/h3,6-7H2,1-2,4-5H3;3H2,1-2H3. The molecular formula is C12H26. The minimum atomic E-state index is 0.389. The second-order valence-electron chi connectivity index (χ2n) is 3.76. The molecular weight excluding hydrogens is 144 g/mol. The lowest BCUT2D eigenvalue weighted by Gasteiger charge is -2.26. The lowest BCUT2D eigenvalue weighted by Crippen LogP contribution is -2.13. The van der Waals surface area contributed by atoms with Gasteiger partial charge in [-0.05, 0) is 25.2 Å². The molecule has 0 aromatic heterocycles. The largest absolute Gasteiger partial charge is 0.0996 e. The Morgan fingerprint density at radius 2 is 1.33 bits per heavy atom. The van der Waals surface area contributed by atoms with Gasteiger partial charge in [-0.3, -0.25) is 0 Å². The van der Waals surface area contributed by atoms with Crippen LogP contribution in [0, 0.1) is 5.41 Å². The number of allylic oxidation sites excluding steroid dienone is 1. The quantitative estimate of drug-likeness (QED) is 0.533. The molecule has 0 heterocycles. The average molecular weight is 170 g/mol. The van der Waals surface area contributed by atoms with Crippen molar-refractivity contribution in [1.29, 1.82) is 0 Å². The minimum absolute atomic E-state index is 0.389. The Morgan fingerprint density at radius 3 is 1.33 bits per heavy atom. The number of rotatable bonds is 3. The van der Waals surface area contributed by atoms with Gasteiger partial charge in [0, 0.05) is 0 Å². The number of hydrogen-bond donors (Lipinski definition) is 0. The number of hydrogen-bond acceptors (Lipinski definition) is 0. The molecule has 12 heavy (non-hydrogen) atoms. The van der Waals surface area contributed by atoms with Crippen molar-refractivity contribution in [3.8, 4) is 0 Å². The summed E-state index contributed by atoms with van der Waals surface area (Å²) in [5.41, 5.74) is 1.70. The van der Waals surface area contributed by atoms with E-state index in [1.54, 1.807) is 0 Å². The smallest absolute Gasteiger partial charge is 0.0127 e. The molecule has 74 valence electrons. The zero-order chi connectivity index (χ0) is 10.2. The molecule has 0 aliphatic heterocycles. The van der Waals surface area contributed by atoms with Gasteiger partial charge in [0.1, 0.15) is 0 Å². The first-order valence-electron chi connectivity index (χ1n) is 5.14. The Balaban J connectivity index is 0. The van der Waals surface area contributed by atoms with Crippen LogP contribution < -0.4 is 0 Å². The lowest BCUT2D eigenvalue weighted by atomic mass is 9.79. The fourth-order valence-electron chi connectivity index (χ4n) is 0.854. The Kier molecular flexibility index (Phi) is 8.79. The second-order valence-corrected chi connectivity index (χ2v) is 3.76. The fourth-order valence-corrected chi connectivity index (χ4v) is 0.854. The topological polar surface area (TPSA) is 0 Å². The Labute approximate surface area is 79.1 Å². The molecule has 0 saturated heterocycles. The van der Waals surface area contributed by atoms with Gasteiger partial charge in [-0.15, -0.1) is 0 Å². The maximum Gasteiger partial charge on any atom is -0.0127 e. The first-order valence-corrected chi connectivity index (χ1v) is 5.14. The summed E-state index contributed by atoms with van der Waals surface area (Å²) in [5, 5.41) is 0. The molecule has 0 heteroatoms. The van der Waals surface area contributed by atoms with Crippen LogP contribution in [0.2, 0.25) is 0 Å². The maximum absolute atomic E-state index is 3.97. The van der Waals surface area contributed by atoms with Gasteiger partial charge in [0.2, 0.25) is 0 Å². The minimum Gasteiger partial charge on any atom is -0.0996 e. The zero-order valence-corrected chi connectivity index (χ0v) is 9.83. The van der Waals surface area contributed by atoms with Gasteiger partial charge in [0.15, 0.2) is 0 Å². The molecule has 0 radical (unpaired) electrons. The van der Waals surface area contributed by atoms with E-state index in [9.17, 15) is 0 Å². The van der Waals surface area contributed by atoms with Crippen molar-refractivity contribution in [1.82, 2.24) is 0 Å². The molecule has 0 N–H and O–H groups in total. The van der Waals surface area contributed by atoms with Gasteiger partial charge in [0.05, 0.1) is 0 Å². The van der Waals surface area contributed by atoms with E-state index in [1.807, 2.05) is 0 Å². The molecule has 0 spiro atoms. The summed E-state index contributed by atoms with van der Waals surface area (Å²) in [5.74, 6) is 0. The van der Waals surface area contributed by atoms with Gasteiger partial charge in [0.25, 0.3) is 0 Å². The van der Waals surface area contributed by atoms with Crippen LogP contribution in [0.3, 0.4) is 0 Å². The van der Waals surface area contributed by atoms with Crippen molar-refractivity contribution < 1.29 is 0 Å². The highest BCUT2D eigenvalue weighted by atomic mass is 14.2. The van der Waals surface area contributed by atoms with Crippen molar-refractivity contribution in [3.63, 3.8) is 0 Å². The third kappa shape index (κ3) is 5.40. The van der Waals surface area contributed by atoms with Crippen molar-refractivity contribution in [2.24, 2.45) is 5.41 Å². The fraction of sp³-hybridized carbons (Fsp3) is 0.833. The van der Waals surface area contributed by atoms with Crippen molar-refractivity contribution in [3.05, 3.63) is 12.2 Å². The molecule has 0 rings (SSSR count). The summed E-state index contributed by atoms with van der Waals surface area (Å²) in [6.07, 6.45) is 3.66. The van der Waals surface area contributed by atoms with Crippen LogP contribution in [0.5, 0.6) is 0 Å². The molecule has 0 aliphatic carbocycles. The van der Waals surface area contributed by atoms with Crippen LogP contribution in [0.1, 0.15) is 60.8 Å². The highest BCUT2D eigenvalue weighted by Gasteiger charge is 2.19. The Morgan fingerprint density at radius 1 is 1.08 bits per heavy atom. The molecule has 0 aliphatic rings. The van der Waals surface area contributed by atoms with Crippen LogP contribution in [0.4, 0.5) is 0 Å². The zero-order valence-electron chi connectivity index (χ0n) is 9.83. The first kappa shape index (κ1) is 14.3. The van der Waals surface area contributed by atoms with Crippen molar-refractivity contribution in [2.45, 2.75) is 60.8 Å². The van der Waals surface area contributed by atoms with Crippen LogP contribution in [-0.2, 0) is 0 Å². The molecule has 0 aromatic carbocycles. The van der Waals surface area contributed by atoms with Crippen molar-refractivity contribution >= 4 is 0 Å². The van der Waals surface area contributed by atoms with Gasteiger partial charge >= 0.3 is 0 Å². The summed E-state index contributed by atoms with van der Waals surface area (Å²) in [4.78, 5) is 0. The molecule has 0 nitrogen and oxygen atoms in total. The summed E-state index contributed by atoms with van der Waals surface area (Å²) in [6, 6.07) is 0. The van der Waals surface area contributed by atoms with E-state index in [0.717, 1.165) is 0 Å². The summed E-state index contributed by atoms with van der Waals surface area (Å²) in [6.45, 7) is 17.1. The van der Waals surface area contributed by atoms with Crippen LogP contribution >= 0.6 is 0 Å². The van der Waals surface area contributed by atoms with Crippen molar-refractivity contribution in [2.75, 3.05) is 0 Å². The summed E-state index contributed by atoms with van der Waals surface area (Å²) >= 11 is 0. The molecule has 0 aromatic rings. The van der Waals surface area contributed by atoms with Gasteiger partial charge in [-0.1, -0.05) is 53.2 Å². The average Bonchev–Trinajstić information content (AvgIpc) is 2.04. The van der Waals surface area contributed by atoms with Crippen LogP contribution in [-0.4, -0.2) is 0 Å². The highest BCUT2D eigenvalue weighted by Crippen LogP contribution is 2.32.